The topological polar surface area (TPSA) is 60.5 Å². The van der Waals surface area contributed by atoms with Crippen LogP contribution in [0.15, 0.2) is 67.0 Å². The van der Waals surface area contributed by atoms with Crippen LogP contribution in [-0.2, 0) is 11.2 Å². The predicted molar refractivity (Wildman–Crippen MR) is 107 cm³/mol. The number of aromatic nitrogens is 1. The molecule has 1 amide bonds. The average molecular weight is 374 g/mol. The first-order valence-corrected chi connectivity index (χ1v) is 9.32. The van der Waals surface area contributed by atoms with Gasteiger partial charge in [0.15, 0.2) is 0 Å². The van der Waals surface area contributed by atoms with E-state index in [1.807, 2.05) is 54.7 Å². The van der Waals surface area contributed by atoms with E-state index in [0.717, 1.165) is 40.2 Å². The molecular weight excluding hydrogens is 352 g/mol. The van der Waals surface area contributed by atoms with Crippen molar-refractivity contribution in [1.82, 2.24) is 10.3 Å². The standard InChI is InChI=1S/C23H22N2O3/c1-27-19-6-2-4-16(12-19)13-23(26)25-21-9-11-28-22-8-7-17(14-20(21)22)18-5-3-10-24-15-18/h2-8,10,12,14-15,21H,9,11,13H2,1H3,(H,25,26). The van der Waals surface area contributed by atoms with Gasteiger partial charge in [-0.1, -0.05) is 24.3 Å². The van der Waals surface area contributed by atoms with Crippen LogP contribution in [0.5, 0.6) is 11.5 Å². The van der Waals surface area contributed by atoms with E-state index in [-0.39, 0.29) is 11.9 Å². The summed E-state index contributed by atoms with van der Waals surface area (Å²) < 4.78 is 11.0. The van der Waals surface area contributed by atoms with E-state index < -0.39 is 0 Å². The molecule has 2 heterocycles. The molecule has 142 valence electrons. The van der Waals surface area contributed by atoms with Crippen molar-refractivity contribution in [3.63, 3.8) is 0 Å². The minimum Gasteiger partial charge on any atom is -0.497 e. The number of pyridine rings is 1. The summed E-state index contributed by atoms with van der Waals surface area (Å²) in [5.41, 5.74) is 4.03. The average Bonchev–Trinajstić information content (AvgIpc) is 2.74. The Bertz CT molecular complexity index is 973. The highest BCUT2D eigenvalue weighted by Crippen LogP contribution is 2.35. The van der Waals surface area contributed by atoms with Crippen LogP contribution in [0, 0.1) is 0 Å². The van der Waals surface area contributed by atoms with E-state index in [0.29, 0.717) is 13.0 Å². The number of ether oxygens (including phenoxy) is 2. The minimum absolute atomic E-state index is 0.0158. The van der Waals surface area contributed by atoms with E-state index in [2.05, 4.69) is 16.4 Å². The van der Waals surface area contributed by atoms with Crippen LogP contribution in [-0.4, -0.2) is 24.6 Å². The van der Waals surface area contributed by atoms with Crippen molar-refractivity contribution in [1.29, 1.82) is 0 Å². The lowest BCUT2D eigenvalue weighted by molar-refractivity contribution is -0.121. The molecule has 1 unspecified atom stereocenters. The lowest BCUT2D eigenvalue weighted by Gasteiger charge is -2.27. The lowest BCUT2D eigenvalue weighted by Crippen LogP contribution is -2.33. The van der Waals surface area contributed by atoms with Crippen molar-refractivity contribution in [2.75, 3.05) is 13.7 Å². The van der Waals surface area contributed by atoms with Gasteiger partial charge < -0.3 is 14.8 Å². The summed E-state index contributed by atoms with van der Waals surface area (Å²) in [5.74, 6) is 1.56. The summed E-state index contributed by atoms with van der Waals surface area (Å²) in [4.78, 5) is 16.8. The molecule has 5 heteroatoms. The van der Waals surface area contributed by atoms with E-state index in [9.17, 15) is 4.79 Å². The zero-order chi connectivity index (χ0) is 19.3. The number of nitrogens with zero attached hydrogens (tertiary/aromatic N) is 1. The third-order valence-electron chi connectivity index (χ3n) is 4.88. The van der Waals surface area contributed by atoms with Gasteiger partial charge in [0, 0.05) is 29.9 Å². The first-order valence-electron chi connectivity index (χ1n) is 9.32. The lowest BCUT2D eigenvalue weighted by atomic mass is 9.95. The molecule has 0 radical (unpaired) electrons. The van der Waals surface area contributed by atoms with Gasteiger partial charge in [-0.15, -0.1) is 0 Å². The number of hydrogen-bond acceptors (Lipinski definition) is 4. The number of fused-ring (bicyclic) bond motifs is 1. The van der Waals surface area contributed by atoms with Crippen LogP contribution in [0.25, 0.3) is 11.1 Å². The van der Waals surface area contributed by atoms with E-state index in [1.165, 1.54) is 0 Å². The maximum atomic E-state index is 12.6. The second-order valence-corrected chi connectivity index (χ2v) is 6.78. The molecule has 1 N–H and O–H groups in total. The number of amides is 1. The van der Waals surface area contributed by atoms with Crippen LogP contribution in [0.3, 0.4) is 0 Å². The highest BCUT2D eigenvalue weighted by molar-refractivity contribution is 5.79. The largest absolute Gasteiger partial charge is 0.497 e. The third kappa shape index (κ3) is 3.98. The molecular formula is C23H22N2O3. The Hall–Kier alpha value is -3.34. The van der Waals surface area contributed by atoms with Crippen LogP contribution in [0.2, 0.25) is 0 Å². The van der Waals surface area contributed by atoms with Crippen LogP contribution >= 0.6 is 0 Å². The number of hydrogen-bond donors (Lipinski definition) is 1. The second kappa shape index (κ2) is 8.13. The molecule has 0 bridgehead atoms. The van der Waals surface area contributed by atoms with E-state index in [4.69, 9.17) is 9.47 Å². The number of carbonyl (C=O) groups is 1. The van der Waals surface area contributed by atoms with Gasteiger partial charge in [-0.3, -0.25) is 9.78 Å². The van der Waals surface area contributed by atoms with Gasteiger partial charge >= 0.3 is 0 Å². The predicted octanol–water partition coefficient (Wildman–Crippen LogP) is 3.94. The zero-order valence-corrected chi connectivity index (χ0v) is 15.7. The Labute approximate surface area is 164 Å². The molecule has 1 aromatic heterocycles. The van der Waals surface area contributed by atoms with Crippen molar-refractivity contribution in [3.05, 3.63) is 78.1 Å². The molecule has 2 aromatic carbocycles. The highest BCUT2D eigenvalue weighted by Gasteiger charge is 2.23. The zero-order valence-electron chi connectivity index (χ0n) is 15.7. The molecule has 3 aromatic rings. The maximum absolute atomic E-state index is 12.6. The summed E-state index contributed by atoms with van der Waals surface area (Å²) in [5, 5.41) is 3.16. The maximum Gasteiger partial charge on any atom is 0.224 e. The van der Waals surface area contributed by atoms with E-state index in [1.54, 1.807) is 13.3 Å². The van der Waals surface area contributed by atoms with Gasteiger partial charge in [0.2, 0.25) is 5.91 Å². The van der Waals surface area contributed by atoms with Gasteiger partial charge in [-0.2, -0.15) is 0 Å². The molecule has 0 spiro atoms. The molecule has 28 heavy (non-hydrogen) atoms. The molecule has 1 atom stereocenters. The van der Waals surface area contributed by atoms with Crippen molar-refractivity contribution in [2.45, 2.75) is 18.9 Å². The van der Waals surface area contributed by atoms with Gasteiger partial charge in [0.05, 0.1) is 26.2 Å². The van der Waals surface area contributed by atoms with Gasteiger partial charge in [-0.25, -0.2) is 0 Å². The fourth-order valence-corrected chi connectivity index (χ4v) is 3.47. The number of nitrogens with one attached hydrogen (secondary N) is 1. The van der Waals surface area contributed by atoms with Gasteiger partial charge in [0.25, 0.3) is 0 Å². The fraction of sp³-hybridized carbons (Fsp3) is 0.217. The third-order valence-corrected chi connectivity index (χ3v) is 4.88. The number of benzene rings is 2. The SMILES string of the molecule is COc1cccc(CC(=O)NC2CCOc3ccc(-c4cccnc4)cc32)c1. The van der Waals surface area contributed by atoms with Crippen LogP contribution in [0.1, 0.15) is 23.6 Å². The molecule has 1 aliphatic heterocycles. The molecule has 0 fully saturated rings. The Morgan fingerprint density at radius 3 is 2.93 bits per heavy atom. The summed E-state index contributed by atoms with van der Waals surface area (Å²) in [6, 6.07) is 17.5. The Kier molecular flexibility index (Phi) is 5.24. The first-order chi connectivity index (χ1) is 13.7. The minimum atomic E-state index is -0.0709. The van der Waals surface area contributed by atoms with Crippen molar-refractivity contribution in [2.24, 2.45) is 0 Å². The Balaban J connectivity index is 1.52. The second-order valence-electron chi connectivity index (χ2n) is 6.78. The summed E-state index contributed by atoms with van der Waals surface area (Å²) in [6.07, 6.45) is 4.65. The Morgan fingerprint density at radius 1 is 1.18 bits per heavy atom. The van der Waals surface area contributed by atoms with Crippen molar-refractivity contribution >= 4 is 5.91 Å². The molecule has 0 aliphatic carbocycles. The number of methoxy groups -OCH3 is 1. The van der Waals surface area contributed by atoms with Gasteiger partial charge in [0.1, 0.15) is 11.5 Å². The normalized spacial score (nSPS) is 15.2. The summed E-state index contributed by atoms with van der Waals surface area (Å²) >= 11 is 0. The number of carbonyl (C=O) groups excluding carboxylic acids is 1. The smallest absolute Gasteiger partial charge is 0.224 e. The summed E-state index contributed by atoms with van der Waals surface area (Å²) in [7, 11) is 1.62. The van der Waals surface area contributed by atoms with Crippen LogP contribution < -0.4 is 14.8 Å². The molecule has 0 saturated heterocycles. The molecule has 4 rings (SSSR count). The van der Waals surface area contributed by atoms with Crippen molar-refractivity contribution in [3.8, 4) is 22.6 Å². The fourth-order valence-electron chi connectivity index (χ4n) is 3.47. The van der Waals surface area contributed by atoms with Crippen LogP contribution in [0.4, 0.5) is 0 Å². The monoisotopic (exact) mass is 374 g/mol. The number of rotatable bonds is 5. The molecule has 5 nitrogen and oxygen atoms in total. The molecule has 1 aliphatic rings. The highest BCUT2D eigenvalue weighted by atomic mass is 16.5. The van der Waals surface area contributed by atoms with E-state index >= 15 is 0 Å². The van der Waals surface area contributed by atoms with Gasteiger partial charge in [-0.05, 0) is 41.5 Å². The first kappa shape index (κ1) is 18.0. The summed E-state index contributed by atoms with van der Waals surface area (Å²) in [6.45, 7) is 0.587. The Morgan fingerprint density at radius 2 is 2.11 bits per heavy atom. The molecule has 0 saturated carbocycles. The van der Waals surface area contributed by atoms with Crippen molar-refractivity contribution < 1.29 is 14.3 Å². The quantitative estimate of drug-likeness (QED) is 0.735.